The van der Waals surface area contributed by atoms with E-state index in [-0.39, 0.29) is 18.4 Å². The molecule has 0 bridgehead atoms. The maximum absolute atomic E-state index is 11.7. The van der Waals surface area contributed by atoms with Gasteiger partial charge in [-0.3, -0.25) is 4.79 Å². The van der Waals surface area contributed by atoms with E-state index < -0.39 is 12.0 Å². The molecule has 0 aromatic heterocycles. The molecule has 0 radical (unpaired) electrons. The average Bonchev–Trinajstić information content (AvgIpc) is 2.75. The van der Waals surface area contributed by atoms with E-state index in [4.69, 9.17) is 11.2 Å². The van der Waals surface area contributed by atoms with Gasteiger partial charge in [0.1, 0.15) is 6.04 Å². The van der Waals surface area contributed by atoms with Crippen molar-refractivity contribution < 1.29 is 14.3 Å². The number of carbonyl (C=O) groups is 2. The summed E-state index contributed by atoms with van der Waals surface area (Å²) in [6.45, 7) is 1.36. The SMILES string of the molecule is C#CCOC(=O)C(NC(C)=O)C1CCCC1. The van der Waals surface area contributed by atoms with Crippen LogP contribution in [0.25, 0.3) is 0 Å². The molecule has 1 N–H and O–H groups in total. The van der Waals surface area contributed by atoms with Crippen LogP contribution >= 0.6 is 0 Å². The minimum atomic E-state index is -0.534. The van der Waals surface area contributed by atoms with Crippen molar-refractivity contribution >= 4 is 11.9 Å². The molecule has 1 fully saturated rings. The molecule has 1 aliphatic carbocycles. The Bertz CT molecular complexity index is 300. The summed E-state index contributed by atoms with van der Waals surface area (Å²) in [5.74, 6) is 1.80. The number of hydrogen-bond donors (Lipinski definition) is 1. The number of terminal acetylenes is 1. The van der Waals surface area contributed by atoms with Crippen molar-refractivity contribution in [3.63, 3.8) is 0 Å². The topological polar surface area (TPSA) is 55.4 Å². The van der Waals surface area contributed by atoms with Gasteiger partial charge in [0.15, 0.2) is 6.61 Å². The van der Waals surface area contributed by atoms with Crippen LogP contribution in [0.5, 0.6) is 0 Å². The van der Waals surface area contributed by atoms with Gasteiger partial charge in [0.05, 0.1) is 0 Å². The first-order chi connectivity index (χ1) is 7.65. The highest BCUT2D eigenvalue weighted by Crippen LogP contribution is 2.28. The Morgan fingerprint density at radius 1 is 1.50 bits per heavy atom. The van der Waals surface area contributed by atoms with Crippen LogP contribution in [0.15, 0.2) is 0 Å². The number of ether oxygens (including phenoxy) is 1. The first-order valence-corrected chi connectivity index (χ1v) is 5.52. The van der Waals surface area contributed by atoms with Gasteiger partial charge in [-0.2, -0.15) is 0 Å². The molecule has 0 aromatic rings. The molecule has 0 heterocycles. The molecule has 1 rings (SSSR count). The number of nitrogens with one attached hydrogen (secondary N) is 1. The molecule has 0 spiro atoms. The van der Waals surface area contributed by atoms with Crippen LogP contribution in [0.3, 0.4) is 0 Å². The van der Waals surface area contributed by atoms with Crippen molar-refractivity contribution in [1.29, 1.82) is 0 Å². The Balaban J connectivity index is 2.58. The van der Waals surface area contributed by atoms with E-state index >= 15 is 0 Å². The van der Waals surface area contributed by atoms with Crippen LogP contribution in [0.4, 0.5) is 0 Å². The Labute approximate surface area is 95.7 Å². The van der Waals surface area contributed by atoms with E-state index in [9.17, 15) is 9.59 Å². The highest BCUT2D eigenvalue weighted by atomic mass is 16.5. The molecule has 16 heavy (non-hydrogen) atoms. The standard InChI is InChI=1S/C12H17NO3/c1-3-8-16-12(15)11(13-9(2)14)10-6-4-5-7-10/h1,10-11H,4-8H2,2H3,(H,13,14). The fraction of sp³-hybridized carbons (Fsp3) is 0.667. The third-order valence-electron chi connectivity index (χ3n) is 2.78. The quantitative estimate of drug-likeness (QED) is 0.568. The fourth-order valence-electron chi connectivity index (χ4n) is 2.08. The first kappa shape index (κ1) is 12.6. The fourth-order valence-corrected chi connectivity index (χ4v) is 2.08. The normalized spacial score (nSPS) is 17.5. The van der Waals surface area contributed by atoms with Crippen LogP contribution in [0.1, 0.15) is 32.6 Å². The zero-order valence-corrected chi connectivity index (χ0v) is 9.49. The average molecular weight is 223 g/mol. The van der Waals surface area contributed by atoms with E-state index in [1.165, 1.54) is 6.92 Å². The minimum absolute atomic E-state index is 0.0400. The number of esters is 1. The van der Waals surface area contributed by atoms with Crippen LogP contribution in [0, 0.1) is 18.3 Å². The lowest BCUT2D eigenvalue weighted by Crippen LogP contribution is -2.45. The molecule has 0 aromatic carbocycles. The molecule has 1 saturated carbocycles. The Morgan fingerprint density at radius 3 is 2.62 bits per heavy atom. The third-order valence-corrected chi connectivity index (χ3v) is 2.78. The summed E-state index contributed by atoms with van der Waals surface area (Å²) in [6, 6.07) is -0.534. The molecule has 88 valence electrons. The highest BCUT2D eigenvalue weighted by Gasteiger charge is 2.32. The van der Waals surface area contributed by atoms with E-state index in [1.54, 1.807) is 0 Å². The zero-order valence-electron chi connectivity index (χ0n) is 9.49. The molecule has 1 amide bonds. The van der Waals surface area contributed by atoms with Gasteiger partial charge in [0.2, 0.25) is 5.91 Å². The van der Waals surface area contributed by atoms with E-state index in [0.717, 1.165) is 25.7 Å². The summed E-state index contributed by atoms with van der Waals surface area (Å²) in [5, 5.41) is 2.65. The van der Waals surface area contributed by atoms with Crippen molar-refractivity contribution in [2.75, 3.05) is 6.61 Å². The van der Waals surface area contributed by atoms with Crippen LogP contribution < -0.4 is 5.32 Å². The van der Waals surface area contributed by atoms with Crippen molar-refractivity contribution in [2.45, 2.75) is 38.6 Å². The van der Waals surface area contributed by atoms with Crippen LogP contribution in [-0.2, 0) is 14.3 Å². The Hall–Kier alpha value is -1.50. The summed E-state index contributed by atoms with van der Waals surface area (Å²) in [7, 11) is 0. The van der Waals surface area contributed by atoms with Crippen molar-refractivity contribution in [3.05, 3.63) is 0 Å². The molecule has 1 unspecified atom stereocenters. The predicted molar refractivity (Wildman–Crippen MR) is 59.4 cm³/mol. The lowest BCUT2D eigenvalue weighted by molar-refractivity contribution is -0.148. The van der Waals surface area contributed by atoms with Crippen molar-refractivity contribution in [2.24, 2.45) is 5.92 Å². The summed E-state index contributed by atoms with van der Waals surface area (Å²) < 4.78 is 4.88. The van der Waals surface area contributed by atoms with Gasteiger partial charge >= 0.3 is 5.97 Å². The maximum Gasteiger partial charge on any atom is 0.329 e. The van der Waals surface area contributed by atoms with Gasteiger partial charge in [-0.15, -0.1) is 6.42 Å². The van der Waals surface area contributed by atoms with Gasteiger partial charge in [-0.1, -0.05) is 18.8 Å². The second kappa shape index (κ2) is 6.16. The molecule has 4 heteroatoms. The molecular formula is C12H17NO3. The minimum Gasteiger partial charge on any atom is -0.451 e. The van der Waals surface area contributed by atoms with E-state index in [1.807, 2.05) is 0 Å². The van der Waals surface area contributed by atoms with Gasteiger partial charge in [-0.05, 0) is 18.8 Å². The van der Waals surface area contributed by atoms with Crippen LogP contribution in [0.2, 0.25) is 0 Å². The third kappa shape index (κ3) is 3.58. The molecule has 0 saturated heterocycles. The van der Waals surface area contributed by atoms with Crippen molar-refractivity contribution in [1.82, 2.24) is 5.32 Å². The van der Waals surface area contributed by atoms with Gasteiger partial charge in [0.25, 0.3) is 0 Å². The summed E-state index contributed by atoms with van der Waals surface area (Å²) in [4.78, 5) is 22.7. The Kier molecular flexibility index (Phi) is 4.84. The largest absolute Gasteiger partial charge is 0.451 e. The van der Waals surface area contributed by atoms with Gasteiger partial charge in [0, 0.05) is 6.92 Å². The maximum atomic E-state index is 11.7. The van der Waals surface area contributed by atoms with Crippen molar-refractivity contribution in [3.8, 4) is 12.3 Å². The summed E-state index contributed by atoms with van der Waals surface area (Å²) >= 11 is 0. The molecule has 0 aliphatic heterocycles. The van der Waals surface area contributed by atoms with E-state index in [2.05, 4.69) is 11.2 Å². The number of carbonyl (C=O) groups excluding carboxylic acids is 2. The second-order valence-electron chi connectivity index (χ2n) is 4.03. The van der Waals surface area contributed by atoms with Gasteiger partial charge < -0.3 is 10.1 Å². The molecule has 1 atom stereocenters. The smallest absolute Gasteiger partial charge is 0.329 e. The summed E-state index contributed by atoms with van der Waals surface area (Å²) in [6.07, 6.45) is 9.13. The predicted octanol–water partition coefficient (Wildman–Crippen LogP) is 0.858. The molecule has 4 nitrogen and oxygen atoms in total. The zero-order chi connectivity index (χ0) is 12.0. The molecule has 1 aliphatic rings. The van der Waals surface area contributed by atoms with Gasteiger partial charge in [-0.25, -0.2) is 4.79 Å². The highest BCUT2D eigenvalue weighted by molar-refractivity contribution is 5.83. The number of amides is 1. The monoisotopic (exact) mass is 223 g/mol. The number of rotatable bonds is 4. The summed E-state index contributed by atoms with van der Waals surface area (Å²) in [5.41, 5.74) is 0. The lowest BCUT2D eigenvalue weighted by Gasteiger charge is -2.21. The number of hydrogen-bond acceptors (Lipinski definition) is 3. The first-order valence-electron chi connectivity index (χ1n) is 5.52. The Morgan fingerprint density at radius 2 is 2.12 bits per heavy atom. The second-order valence-corrected chi connectivity index (χ2v) is 4.03. The molecular weight excluding hydrogens is 206 g/mol. The van der Waals surface area contributed by atoms with E-state index in [0.29, 0.717) is 0 Å². The lowest BCUT2D eigenvalue weighted by atomic mass is 9.98. The van der Waals surface area contributed by atoms with Crippen LogP contribution in [-0.4, -0.2) is 24.5 Å².